The zero-order valence-electron chi connectivity index (χ0n) is 15.6. The third kappa shape index (κ3) is 5.27. The van der Waals surface area contributed by atoms with E-state index in [0.717, 1.165) is 16.1 Å². The predicted octanol–water partition coefficient (Wildman–Crippen LogP) is 4.63. The summed E-state index contributed by atoms with van der Waals surface area (Å²) in [5.41, 5.74) is 1.68. The van der Waals surface area contributed by atoms with Gasteiger partial charge in [0.1, 0.15) is 11.8 Å². The van der Waals surface area contributed by atoms with Gasteiger partial charge in [0.05, 0.1) is 12.0 Å². The fourth-order valence-electron chi connectivity index (χ4n) is 2.84. The lowest BCUT2D eigenvalue weighted by atomic mass is 10.0. The quantitative estimate of drug-likeness (QED) is 0.547. The molecule has 0 saturated heterocycles. The summed E-state index contributed by atoms with van der Waals surface area (Å²) in [4.78, 5) is 25.7. The van der Waals surface area contributed by atoms with E-state index >= 15 is 0 Å². The highest BCUT2D eigenvalue weighted by molar-refractivity contribution is 7.98. The average Bonchev–Trinajstić information content (AvgIpc) is 3.26. The fraction of sp³-hybridized carbons (Fsp3) is 0.182. The molecule has 0 aliphatic rings. The van der Waals surface area contributed by atoms with Crippen LogP contribution in [0.25, 0.3) is 0 Å². The highest BCUT2D eigenvalue weighted by atomic mass is 32.2. The number of amides is 2. The van der Waals surface area contributed by atoms with Crippen LogP contribution < -0.4 is 10.6 Å². The number of rotatable bonds is 8. The van der Waals surface area contributed by atoms with Crippen molar-refractivity contribution in [2.24, 2.45) is 0 Å². The normalized spacial score (nSPS) is 11.6. The molecule has 1 unspecified atom stereocenters. The Labute approximate surface area is 168 Å². The molecule has 6 heteroatoms. The fourth-order valence-corrected chi connectivity index (χ4v) is 3.39. The molecular weight excluding hydrogens is 372 g/mol. The van der Waals surface area contributed by atoms with E-state index in [9.17, 15) is 9.59 Å². The summed E-state index contributed by atoms with van der Waals surface area (Å²) in [6.07, 6.45) is 3.73. The first-order chi connectivity index (χ1) is 13.7. The van der Waals surface area contributed by atoms with E-state index in [0.29, 0.717) is 5.76 Å². The van der Waals surface area contributed by atoms with Crippen molar-refractivity contribution in [2.45, 2.75) is 23.8 Å². The number of thioether (sulfide) groups is 1. The van der Waals surface area contributed by atoms with Gasteiger partial charge in [-0.3, -0.25) is 9.59 Å². The van der Waals surface area contributed by atoms with Gasteiger partial charge in [0, 0.05) is 17.7 Å². The lowest BCUT2D eigenvalue weighted by molar-refractivity contribution is -0.124. The summed E-state index contributed by atoms with van der Waals surface area (Å²) in [5, 5.41) is 5.83. The Bertz CT molecular complexity index is 911. The Morgan fingerprint density at radius 2 is 1.64 bits per heavy atom. The van der Waals surface area contributed by atoms with Crippen LogP contribution in [0.15, 0.2) is 82.3 Å². The number of carbonyl (C=O) groups is 2. The lowest BCUT2D eigenvalue weighted by Gasteiger charge is -2.17. The minimum Gasteiger partial charge on any atom is -0.467 e. The van der Waals surface area contributed by atoms with Gasteiger partial charge in [0.25, 0.3) is 0 Å². The largest absolute Gasteiger partial charge is 0.467 e. The first-order valence-electron chi connectivity index (χ1n) is 8.98. The molecule has 0 aliphatic carbocycles. The number of nitrogens with one attached hydrogen (secondary N) is 2. The first kappa shape index (κ1) is 19.8. The standard InChI is InChI=1S/C22H22N2O3S/c1-28-19-12-6-5-10-17(19)23-20(25)13-14-21(26)24-22(18-11-7-15-27-18)16-8-3-2-4-9-16/h2-12,15,22H,13-14H2,1H3,(H,23,25)(H,24,26). The van der Waals surface area contributed by atoms with E-state index in [-0.39, 0.29) is 30.7 Å². The van der Waals surface area contributed by atoms with Gasteiger partial charge in [0.15, 0.2) is 0 Å². The molecule has 2 aromatic carbocycles. The topological polar surface area (TPSA) is 71.3 Å². The molecular formula is C22H22N2O3S. The monoisotopic (exact) mass is 394 g/mol. The second-order valence-corrected chi connectivity index (χ2v) is 7.02. The average molecular weight is 394 g/mol. The molecule has 0 radical (unpaired) electrons. The molecule has 28 heavy (non-hydrogen) atoms. The summed E-state index contributed by atoms with van der Waals surface area (Å²) in [6, 6.07) is 20.4. The summed E-state index contributed by atoms with van der Waals surface area (Å²) in [6.45, 7) is 0. The zero-order valence-corrected chi connectivity index (χ0v) is 16.4. The van der Waals surface area contributed by atoms with Gasteiger partial charge in [0.2, 0.25) is 11.8 Å². The van der Waals surface area contributed by atoms with Crippen LogP contribution in [0.3, 0.4) is 0 Å². The second-order valence-electron chi connectivity index (χ2n) is 6.18. The molecule has 144 valence electrons. The van der Waals surface area contributed by atoms with E-state index in [1.807, 2.05) is 66.9 Å². The lowest BCUT2D eigenvalue weighted by Crippen LogP contribution is -2.29. The highest BCUT2D eigenvalue weighted by Gasteiger charge is 2.19. The molecule has 2 amide bonds. The van der Waals surface area contributed by atoms with E-state index in [1.165, 1.54) is 0 Å². The molecule has 1 atom stereocenters. The van der Waals surface area contributed by atoms with Crippen molar-refractivity contribution in [3.8, 4) is 0 Å². The molecule has 1 heterocycles. The SMILES string of the molecule is CSc1ccccc1NC(=O)CCC(=O)NC(c1ccccc1)c1ccco1. The third-order valence-electron chi connectivity index (χ3n) is 4.23. The van der Waals surface area contributed by atoms with Gasteiger partial charge < -0.3 is 15.1 Å². The minimum atomic E-state index is -0.385. The van der Waals surface area contributed by atoms with Crippen molar-refractivity contribution in [2.75, 3.05) is 11.6 Å². The number of hydrogen-bond donors (Lipinski definition) is 2. The highest BCUT2D eigenvalue weighted by Crippen LogP contribution is 2.25. The molecule has 0 bridgehead atoms. The number of anilines is 1. The smallest absolute Gasteiger partial charge is 0.224 e. The summed E-state index contributed by atoms with van der Waals surface area (Å²) in [7, 11) is 0. The number of furan rings is 1. The predicted molar refractivity (Wildman–Crippen MR) is 111 cm³/mol. The molecule has 0 fully saturated rings. The minimum absolute atomic E-state index is 0.0946. The Kier molecular flexibility index (Phi) is 6.92. The molecule has 5 nitrogen and oxygen atoms in total. The summed E-state index contributed by atoms with van der Waals surface area (Å²) in [5.74, 6) is 0.252. The summed E-state index contributed by atoms with van der Waals surface area (Å²) < 4.78 is 5.48. The molecule has 2 N–H and O–H groups in total. The van der Waals surface area contributed by atoms with Crippen LogP contribution in [0.1, 0.15) is 30.2 Å². The zero-order chi connectivity index (χ0) is 19.8. The van der Waals surface area contributed by atoms with Crippen LogP contribution in [0.4, 0.5) is 5.69 Å². The van der Waals surface area contributed by atoms with Gasteiger partial charge in [-0.1, -0.05) is 42.5 Å². The van der Waals surface area contributed by atoms with Crippen LogP contribution >= 0.6 is 11.8 Å². The van der Waals surface area contributed by atoms with Crippen LogP contribution in [0, 0.1) is 0 Å². The van der Waals surface area contributed by atoms with Gasteiger partial charge >= 0.3 is 0 Å². The molecule has 0 spiro atoms. The number of carbonyl (C=O) groups excluding carboxylic acids is 2. The van der Waals surface area contributed by atoms with Crippen molar-refractivity contribution in [1.29, 1.82) is 0 Å². The molecule has 3 aromatic rings. The van der Waals surface area contributed by atoms with E-state index < -0.39 is 0 Å². The molecule has 0 aliphatic heterocycles. The van der Waals surface area contributed by atoms with Crippen molar-refractivity contribution < 1.29 is 14.0 Å². The molecule has 3 rings (SSSR count). The van der Waals surface area contributed by atoms with Crippen LogP contribution in [-0.4, -0.2) is 18.1 Å². The Hall–Kier alpha value is -2.99. The van der Waals surface area contributed by atoms with Crippen LogP contribution in [-0.2, 0) is 9.59 Å². The number of hydrogen-bond acceptors (Lipinski definition) is 4. The van der Waals surface area contributed by atoms with Gasteiger partial charge in [-0.25, -0.2) is 0 Å². The van der Waals surface area contributed by atoms with Crippen molar-refractivity contribution in [3.05, 3.63) is 84.3 Å². The van der Waals surface area contributed by atoms with Crippen LogP contribution in [0.2, 0.25) is 0 Å². The van der Waals surface area contributed by atoms with E-state index in [1.54, 1.807) is 24.1 Å². The number of benzene rings is 2. The van der Waals surface area contributed by atoms with Gasteiger partial charge in [-0.05, 0) is 36.1 Å². The maximum Gasteiger partial charge on any atom is 0.224 e. The Balaban J connectivity index is 1.58. The Morgan fingerprint density at radius 1 is 0.929 bits per heavy atom. The summed E-state index contributed by atoms with van der Waals surface area (Å²) >= 11 is 1.56. The first-order valence-corrected chi connectivity index (χ1v) is 10.2. The number of para-hydroxylation sites is 1. The van der Waals surface area contributed by atoms with Gasteiger partial charge in [-0.15, -0.1) is 11.8 Å². The maximum absolute atomic E-state index is 12.5. The van der Waals surface area contributed by atoms with E-state index in [2.05, 4.69) is 10.6 Å². The van der Waals surface area contributed by atoms with Crippen molar-refractivity contribution in [1.82, 2.24) is 5.32 Å². The molecule has 0 saturated carbocycles. The Morgan fingerprint density at radius 3 is 2.36 bits per heavy atom. The maximum atomic E-state index is 12.5. The third-order valence-corrected chi connectivity index (χ3v) is 5.02. The van der Waals surface area contributed by atoms with Gasteiger partial charge in [-0.2, -0.15) is 0 Å². The second kappa shape index (κ2) is 9.80. The van der Waals surface area contributed by atoms with Crippen molar-refractivity contribution in [3.63, 3.8) is 0 Å². The molecule has 1 aromatic heterocycles. The van der Waals surface area contributed by atoms with E-state index in [4.69, 9.17) is 4.42 Å². The van der Waals surface area contributed by atoms with Crippen LogP contribution in [0.5, 0.6) is 0 Å². The van der Waals surface area contributed by atoms with Crippen molar-refractivity contribution >= 4 is 29.3 Å².